The summed E-state index contributed by atoms with van der Waals surface area (Å²) in [5.41, 5.74) is 2.79. The second-order valence-electron chi connectivity index (χ2n) is 6.73. The number of hydrogen-bond acceptors (Lipinski definition) is 3. The average Bonchev–Trinajstić information content (AvgIpc) is 3.33. The number of nitrogens with zero attached hydrogens (tertiary/aromatic N) is 2. The van der Waals surface area contributed by atoms with E-state index >= 15 is 0 Å². The van der Waals surface area contributed by atoms with Crippen molar-refractivity contribution in [3.63, 3.8) is 0 Å². The van der Waals surface area contributed by atoms with Gasteiger partial charge >= 0.3 is 0 Å². The first-order valence-corrected chi connectivity index (χ1v) is 8.78. The van der Waals surface area contributed by atoms with Crippen LogP contribution in [0, 0.1) is 5.92 Å². The van der Waals surface area contributed by atoms with Gasteiger partial charge in [0.25, 0.3) is 0 Å². The topological polar surface area (TPSA) is 28.2 Å². The lowest BCUT2D eigenvalue weighted by atomic mass is 9.96. The standard InChI is InChI=1S/C18H29N3/c1-2-4-15-5-3-11-21(12-9-15)18-8-10-19-13-16(18)14-20-17-6-7-17/h8,10,13,15,17,20H,2-7,9,11-12,14H2,1H3. The molecule has 0 amide bonds. The third-order valence-electron chi connectivity index (χ3n) is 4.92. The van der Waals surface area contributed by atoms with Gasteiger partial charge in [-0.3, -0.25) is 4.98 Å². The highest BCUT2D eigenvalue weighted by atomic mass is 15.1. The van der Waals surface area contributed by atoms with Gasteiger partial charge in [-0.1, -0.05) is 19.8 Å². The molecule has 3 nitrogen and oxygen atoms in total. The van der Waals surface area contributed by atoms with Crippen LogP contribution in [0.2, 0.25) is 0 Å². The molecule has 2 heterocycles. The van der Waals surface area contributed by atoms with Crippen molar-refractivity contribution in [3.05, 3.63) is 24.0 Å². The molecule has 1 N–H and O–H groups in total. The Morgan fingerprint density at radius 2 is 2.14 bits per heavy atom. The fraction of sp³-hybridized carbons (Fsp3) is 0.722. The van der Waals surface area contributed by atoms with Crippen molar-refractivity contribution in [1.29, 1.82) is 0 Å². The van der Waals surface area contributed by atoms with Gasteiger partial charge in [0.05, 0.1) is 0 Å². The van der Waals surface area contributed by atoms with Gasteiger partial charge in [0, 0.05) is 49.3 Å². The minimum Gasteiger partial charge on any atom is -0.371 e. The van der Waals surface area contributed by atoms with Crippen LogP contribution in [0.4, 0.5) is 5.69 Å². The van der Waals surface area contributed by atoms with Crippen LogP contribution < -0.4 is 10.2 Å². The van der Waals surface area contributed by atoms with Gasteiger partial charge in [0.15, 0.2) is 0 Å². The number of hydrogen-bond donors (Lipinski definition) is 1. The van der Waals surface area contributed by atoms with Crippen molar-refractivity contribution >= 4 is 5.69 Å². The molecule has 1 saturated heterocycles. The molecule has 0 aromatic carbocycles. The Morgan fingerprint density at radius 3 is 2.95 bits per heavy atom. The summed E-state index contributed by atoms with van der Waals surface area (Å²) in [4.78, 5) is 6.94. The van der Waals surface area contributed by atoms with E-state index in [2.05, 4.69) is 34.4 Å². The van der Waals surface area contributed by atoms with Crippen molar-refractivity contribution in [3.8, 4) is 0 Å². The number of nitrogens with one attached hydrogen (secondary N) is 1. The lowest BCUT2D eigenvalue weighted by molar-refractivity contribution is 0.435. The fourth-order valence-corrected chi connectivity index (χ4v) is 3.51. The maximum absolute atomic E-state index is 4.34. The van der Waals surface area contributed by atoms with Crippen LogP contribution in [0.15, 0.2) is 18.5 Å². The van der Waals surface area contributed by atoms with Gasteiger partial charge < -0.3 is 10.2 Å². The highest BCUT2D eigenvalue weighted by Crippen LogP contribution is 2.28. The molecule has 1 aromatic heterocycles. The summed E-state index contributed by atoms with van der Waals surface area (Å²) >= 11 is 0. The van der Waals surface area contributed by atoms with Gasteiger partial charge in [-0.2, -0.15) is 0 Å². The number of aromatic nitrogens is 1. The maximum atomic E-state index is 4.34. The predicted molar refractivity (Wildman–Crippen MR) is 88.6 cm³/mol. The number of pyridine rings is 1. The smallest absolute Gasteiger partial charge is 0.0442 e. The van der Waals surface area contributed by atoms with Crippen LogP contribution in [-0.2, 0) is 6.54 Å². The summed E-state index contributed by atoms with van der Waals surface area (Å²) in [5, 5.41) is 3.63. The lowest BCUT2D eigenvalue weighted by Gasteiger charge is -2.25. The molecular weight excluding hydrogens is 258 g/mol. The van der Waals surface area contributed by atoms with Crippen molar-refractivity contribution in [2.24, 2.45) is 5.92 Å². The minimum absolute atomic E-state index is 0.760. The minimum atomic E-state index is 0.760. The van der Waals surface area contributed by atoms with E-state index in [1.54, 1.807) is 0 Å². The molecule has 1 unspecified atom stereocenters. The van der Waals surface area contributed by atoms with Crippen LogP contribution >= 0.6 is 0 Å². The zero-order valence-corrected chi connectivity index (χ0v) is 13.4. The summed E-state index contributed by atoms with van der Waals surface area (Å²) in [5.74, 6) is 0.940. The largest absolute Gasteiger partial charge is 0.371 e. The monoisotopic (exact) mass is 287 g/mol. The van der Waals surface area contributed by atoms with Gasteiger partial charge in [-0.05, 0) is 44.1 Å². The molecule has 21 heavy (non-hydrogen) atoms. The average molecular weight is 287 g/mol. The van der Waals surface area contributed by atoms with Crippen LogP contribution in [0.1, 0.15) is 57.4 Å². The zero-order valence-electron chi connectivity index (χ0n) is 13.4. The van der Waals surface area contributed by atoms with E-state index in [0.717, 1.165) is 18.5 Å². The summed E-state index contributed by atoms with van der Waals surface area (Å²) in [6, 6.07) is 2.97. The Balaban J connectivity index is 1.64. The van der Waals surface area contributed by atoms with Gasteiger partial charge in [0.1, 0.15) is 0 Å². The van der Waals surface area contributed by atoms with Gasteiger partial charge in [0.2, 0.25) is 0 Å². The van der Waals surface area contributed by atoms with E-state index in [9.17, 15) is 0 Å². The van der Waals surface area contributed by atoms with E-state index in [4.69, 9.17) is 0 Å². The Labute approximate surface area is 129 Å². The molecule has 0 bridgehead atoms. The lowest BCUT2D eigenvalue weighted by Crippen LogP contribution is -2.27. The second kappa shape index (κ2) is 7.26. The van der Waals surface area contributed by atoms with Crippen molar-refractivity contribution in [2.75, 3.05) is 18.0 Å². The predicted octanol–water partition coefficient (Wildman–Crippen LogP) is 3.74. The second-order valence-corrected chi connectivity index (χ2v) is 6.73. The molecule has 2 aliphatic rings. The van der Waals surface area contributed by atoms with E-state index in [1.165, 1.54) is 69.3 Å². The molecule has 2 fully saturated rings. The van der Waals surface area contributed by atoms with Crippen molar-refractivity contribution in [2.45, 2.75) is 64.5 Å². The zero-order chi connectivity index (χ0) is 14.5. The summed E-state index contributed by atoms with van der Waals surface area (Å²) in [7, 11) is 0. The Hall–Kier alpha value is -1.09. The van der Waals surface area contributed by atoms with E-state index in [1.807, 2.05) is 6.20 Å². The van der Waals surface area contributed by atoms with E-state index in [0.29, 0.717) is 0 Å². The third-order valence-corrected chi connectivity index (χ3v) is 4.92. The molecule has 3 heteroatoms. The van der Waals surface area contributed by atoms with Gasteiger partial charge in [-0.15, -0.1) is 0 Å². The summed E-state index contributed by atoms with van der Waals surface area (Å²) in [6.45, 7) is 5.71. The molecule has 3 rings (SSSR count). The maximum Gasteiger partial charge on any atom is 0.0442 e. The SMILES string of the molecule is CCCC1CCCN(c2ccncc2CNC2CC2)CC1. The Kier molecular flexibility index (Phi) is 5.13. The first-order valence-electron chi connectivity index (χ1n) is 8.78. The molecule has 116 valence electrons. The van der Waals surface area contributed by atoms with E-state index in [-0.39, 0.29) is 0 Å². The van der Waals surface area contributed by atoms with E-state index < -0.39 is 0 Å². The van der Waals surface area contributed by atoms with Crippen LogP contribution in [0.25, 0.3) is 0 Å². The quantitative estimate of drug-likeness (QED) is 0.864. The van der Waals surface area contributed by atoms with Crippen LogP contribution in [0.3, 0.4) is 0 Å². The van der Waals surface area contributed by atoms with Crippen molar-refractivity contribution in [1.82, 2.24) is 10.3 Å². The molecule has 0 spiro atoms. The molecule has 1 aromatic rings. The molecule has 1 aliphatic carbocycles. The normalized spacial score (nSPS) is 23.1. The summed E-state index contributed by atoms with van der Waals surface area (Å²) in [6.07, 6.45) is 13.5. The molecule has 1 atom stereocenters. The number of rotatable bonds is 6. The molecule has 1 saturated carbocycles. The van der Waals surface area contributed by atoms with Crippen LogP contribution in [0.5, 0.6) is 0 Å². The third kappa shape index (κ3) is 4.19. The fourth-order valence-electron chi connectivity index (χ4n) is 3.51. The first-order chi connectivity index (χ1) is 10.4. The Bertz CT molecular complexity index is 442. The highest BCUT2D eigenvalue weighted by Gasteiger charge is 2.22. The molecular formula is C18H29N3. The first kappa shape index (κ1) is 14.8. The van der Waals surface area contributed by atoms with Crippen LogP contribution in [-0.4, -0.2) is 24.1 Å². The highest BCUT2D eigenvalue weighted by molar-refractivity contribution is 5.52. The molecule has 1 aliphatic heterocycles. The number of anilines is 1. The van der Waals surface area contributed by atoms with Crippen molar-refractivity contribution < 1.29 is 0 Å². The van der Waals surface area contributed by atoms with Gasteiger partial charge in [-0.25, -0.2) is 0 Å². The Morgan fingerprint density at radius 1 is 1.24 bits per heavy atom. The summed E-state index contributed by atoms with van der Waals surface area (Å²) < 4.78 is 0. The molecule has 0 radical (unpaired) electrons.